The Hall–Kier alpha value is -1.85. The number of β-amino-alcohol motifs (C(OH)–C–C–N with tert-alkyl or cyclic N) is 1. The van der Waals surface area contributed by atoms with E-state index < -0.39 is 40.8 Å². The molecule has 6 nitrogen and oxygen atoms in total. The van der Waals surface area contributed by atoms with Crippen LogP contribution in [0, 0.1) is 5.92 Å². The van der Waals surface area contributed by atoms with Crippen LogP contribution < -0.4 is 5.32 Å². The highest BCUT2D eigenvalue weighted by Crippen LogP contribution is 2.39. The Morgan fingerprint density at radius 3 is 2.57 bits per heavy atom. The van der Waals surface area contributed by atoms with Crippen LogP contribution in [0.25, 0.3) is 0 Å². The quantitative estimate of drug-likeness (QED) is 0.562. The summed E-state index contributed by atoms with van der Waals surface area (Å²) in [4.78, 5) is 2.02. The minimum absolute atomic E-state index is 0.115. The minimum atomic E-state index is -4.44. The van der Waals surface area contributed by atoms with Gasteiger partial charge in [-0.1, -0.05) is 35.9 Å². The standard InChI is InChI=1S/C24H29ClF3N3O3S/c1-16-10-19(24(26,27)28)14-31(16)35(33,34)21-6-7-23(22(25)11-21)29-12-20(32)15-30-9-8-17-4-2-3-5-18(17)13-30/h2-7,11,16,19-20,29,32H,8-10,12-15H2,1H3/t16-,19+,20?/m1/s1. The molecule has 0 bridgehead atoms. The highest BCUT2D eigenvalue weighted by atomic mass is 35.5. The third-order valence-electron chi connectivity index (χ3n) is 6.73. The van der Waals surface area contributed by atoms with Gasteiger partial charge in [0.15, 0.2) is 0 Å². The van der Waals surface area contributed by atoms with E-state index in [2.05, 4.69) is 22.3 Å². The van der Waals surface area contributed by atoms with Crippen LogP contribution in [0.3, 0.4) is 0 Å². The van der Waals surface area contributed by atoms with Crippen LogP contribution in [-0.4, -0.2) is 67.2 Å². The van der Waals surface area contributed by atoms with Gasteiger partial charge in [-0.05, 0) is 49.1 Å². The smallest absolute Gasteiger partial charge is 0.390 e. The van der Waals surface area contributed by atoms with Gasteiger partial charge in [0, 0.05) is 38.8 Å². The van der Waals surface area contributed by atoms with E-state index in [4.69, 9.17) is 11.6 Å². The molecule has 0 aliphatic carbocycles. The monoisotopic (exact) mass is 531 g/mol. The Labute approximate surface area is 208 Å². The third kappa shape index (κ3) is 5.94. The largest absolute Gasteiger partial charge is 0.393 e. The summed E-state index contributed by atoms with van der Waals surface area (Å²) in [5, 5.41) is 13.7. The first-order valence-electron chi connectivity index (χ1n) is 11.5. The van der Waals surface area contributed by atoms with E-state index in [-0.39, 0.29) is 22.9 Å². The molecular weight excluding hydrogens is 503 g/mol. The van der Waals surface area contributed by atoms with Crippen molar-refractivity contribution in [3.63, 3.8) is 0 Å². The molecule has 2 aliphatic heterocycles. The van der Waals surface area contributed by atoms with Gasteiger partial charge >= 0.3 is 6.18 Å². The molecule has 11 heteroatoms. The summed E-state index contributed by atoms with van der Waals surface area (Å²) >= 11 is 6.29. The van der Waals surface area contributed by atoms with Crippen LogP contribution in [0.15, 0.2) is 47.4 Å². The van der Waals surface area contributed by atoms with E-state index in [1.165, 1.54) is 36.2 Å². The average molecular weight is 532 g/mol. The van der Waals surface area contributed by atoms with Crippen molar-refractivity contribution < 1.29 is 26.7 Å². The molecule has 2 heterocycles. The zero-order valence-corrected chi connectivity index (χ0v) is 20.9. The van der Waals surface area contributed by atoms with E-state index in [1.807, 2.05) is 12.1 Å². The maximum absolute atomic E-state index is 13.1. The van der Waals surface area contributed by atoms with Crippen LogP contribution >= 0.6 is 11.6 Å². The van der Waals surface area contributed by atoms with Gasteiger partial charge in [-0.25, -0.2) is 8.42 Å². The lowest BCUT2D eigenvalue weighted by molar-refractivity contribution is -0.169. The maximum atomic E-state index is 13.1. The number of hydrogen-bond donors (Lipinski definition) is 2. The number of benzene rings is 2. The fourth-order valence-electron chi connectivity index (χ4n) is 4.81. The van der Waals surface area contributed by atoms with Gasteiger partial charge in [-0.15, -0.1) is 0 Å². The molecule has 35 heavy (non-hydrogen) atoms. The van der Waals surface area contributed by atoms with E-state index in [1.54, 1.807) is 0 Å². The first kappa shape index (κ1) is 26.2. The molecule has 0 amide bonds. The Morgan fingerprint density at radius 2 is 1.91 bits per heavy atom. The Balaban J connectivity index is 1.35. The first-order valence-corrected chi connectivity index (χ1v) is 13.4. The molecule has 0 aromatic heterocycles. The Bertz CT molecular complexity index is 1160. The van der Waals surface area contributed by atoms with Gasteiger partial charge in [-0.3, -0.25) is 4.90 Å². The van der Waals surface area contributed by atoms with Gasteiger partial charge in [0.1, 0.15) is 0 Å². The topological polar surface area (TPSA) is 72.9 Å². The van der Waals surface area contributed by atoms with Gasteiger partial charge < -0.3 is 10.4 Å². The van der Waals surface area contributed by atoms with Crippen LogP contribution in [0.1, 0.15) is 24.5 Å². The van der Waals surface area contributed by atoms with Crippen LogP contribution in [-0.2, 0) is 23.0 Å². The van der Waals surface area contributed by atoms with Gasteiger partial charge in [0.25, 0.3) is 0 Å². The van der Waals surface area contributed by atoms with Gasteiger partial charge in [-0.2, -0.15) is 17.5 Å². The second-order valence-electron chi connectivity index (χ2n) is 9.33. The lowest BCUT2D eigenvalue weighted by atomic mass is 10.00. The predicted molar refractivity (Wildman–Crippen MR) is 129 cm³/mol. The molecule has 2 aromatic rings. The van der Waals surface area contributed by atoms with Crippen molar-refractivity contribution in [1.29, 1.82) is 0 Å². The molecule has 0 spiro atoms. The molecule has 1 fully saturated rings. The summed E-state index contributed by atoms with van der Waals surface area (Å²) in [6.45, 7) is 3.18. The summed E-state index contributed by atoms with van der Waals surface area (Å²) in [6.07, 6.45) is -4.46. The summed E-state index contributed by atoms with van der Waals surface area (Å²) < 4.78 is 66.2. The number of halogens is 4. The number of hydrogen-bond acceptors (Lipinski definition) is 5. The molecule has 0 radical (unpaired) electrons. The highest BCUT2D eigenvalue weighted by molar-refractivity contribution is 7.89. The summed E-state index contributed by atoms with van der Waals surface area (Å²) in [5.74, 6) is -1.68. The number of fused-ring (bicyclic) bond motifs is 1. The van der Waals surface area contributed by atoms with Crippen molar-refractivity contribution in [2.24, 2.45) is 5.92 Å². The van der Waals surface area contributed by atoms with Crippen LogP contribution in [0.5, 0.6) is 0 Å². The number of nitrogens with one attached hydrogen (secondary N) is 1. The summed E-state index contributed by atoms with van der Waals surface area (Å²) in [5.41, 5.74) is 3.03. The van der Waals surface area contributed by atoms with Crippen LogP contribution in [0.4, 0.5) is 18.9 Å². The number of anilines is 1. The first-order chi connectivity index (χ1) is 16.4. The zero-order valence-electron chi connectivity index (χ0n) is 19.3. The number of aliphatic hydroxyl groups is 1. The van der Waals surface area contributed by atoms with Crippen molar-refractivity contribution in [2.75, 3.05) is 31.5 Å². The minimum Gasteiger partial charge on any atom is -0.390 e. The molecule has 3 atom stereocenters. The number of aliphatic hydroxyl groups excluding tert-OH is 1. The fourth-order valence-corrected chi connectivity index (χ4v) is 6.83. The normalized spacial score (nSPS) is 22.7. The fraction of sp³-hybridized carbons (Fsp3) is 0.500. The lowest BCUT2D eigenvalue weighted by Gasteiger charge is -2.30. The number of alkyl halides is 3. The second kappa shape index (κ2) is 10.3. The number of rotatable bonds is 7. The van der Waals surface area contributed by atoms with Crippen LogP contribution in [0.2, 0.25) is 5.02 Å². The van der Waals surface area contributed by atoms with E-state index in [0.717, 1.165) is 23.8 Å². The van der Waals surface area contributed by atoms with Crippen molar-refractivity contribution in [3.8, 4) is 0 Å². The van der Waals surface area contributed by atoms with E-state index in [9.17, 15) is 26.7 Å². The molecule has 0 saturated carbocycles. The van der Waals surface area contributed by atoms with Crippen molar-refractivity contribution >= 4 is 27.3 Å². The SMILES string of the molecule is C[C@@H]1C[C@H](C(F)(F)F)CN1S(=O)(=O)c1ccc(NCC(O)CN2CCc3ccccc3C2)c(Cl)c1. The zero-order chi connectivity index (χ0) is 25.4. The van der Waals surface area contributed by atoms with Crippen molar-refractivity contribution in [3.05, 3.63) is 58.6 Å². The van der Waals surface area contributed by atoms with Crippen molar-refractivity contribution in [2.45, 2.75) is 49.5 Å². The lowest BCUT2D eigenvalue weighted by Crippen LogP contribution is -2.39. The number of sulfonamides is 1. The Morgan fingerprint density at radius 1 is 1.20 bits per heavy atom. The summed E-state index contributed by atoms with van der Waals surface area (Å²) in [6, 6.07) is 11.5. The van der Waals surface area contributed by atoms with Crippen molar-refractivity contribution in [1.82, 2.24) is 9.21 Å². The molecule has 4 rings (SSSR count). The molecule has 2 aliphatic rings. The molecular formula is C24H29ClF3N3O3S. The predicted octanol–water partition coefficient (Wildman–Crippen LogP) is 4.13. The van der Waals surface area contributed by atoms with Gasteiger partial charge in [0.05, 0.1) is 27.6 Å². The maximum Gasteiger partial charge on any atom is 0.393 e. The highest BCUT2D eigenvalue weighted by Gasteiger charge is 2.49. The average Bonchev–Trinajstić information content (AvgIpc) is 3.21. The Kier molecular flexibility index (Phi) is 7.68. The molecule has 2 N–H and O–H groups in total. The van der Waals surface area contributed by atoms with E-state index >= 15 is 0 Å². The van der Waals surface area contributed by atoms with E-state index in [0.29, 0.717) is 12.2 Å². The third-order valence-corrected chi connectivity index (χ3v) is 9.02. The number of nitrogens with zero attached hydrogens (tertiary/aromatic N) is 2. The van der Waals surface area contributed by atoms with Gasteiger partial charge in [0.2, 0.25) is 10.0 Å². The second-order valence-corrected chi connectivity index (χ2v) is 11.6. The molecule has 192 valence electrons. The summed E-state index contributed by atoms with van der Waals surface area (Å²) in [7, 11) is -4.13. The molecule has 1 saturated heterocycles. The molecule has 2 aromatic carbocycles. The molecule has 1 unspecified atom stereocenters.